The molecule has 0 saturated carbocycles. The van der Waals surface area contributed by atoms with Crippen LogP contribution in [0.5, 0.6) is 0 Å². The van der Waals surface area contributed by atoms with Gasteiger partial charge < -0.3 is 0 Å². The summed E-state index contributed by atoms with van der Waals surface area (Å²) in [7, 11) is 0. The molecule has 3 heterocycles. The highest BCUT2D eigenvalue weighted by atomic mass is 32.1. The summed E-state index contributed by atoms with van der Waals surface area (Å²) >= 11 is 1.63. The lowest BCUT2D eigenvalue weighted by Gasteiger charge is -2.19. The number of hydrogen-bond acceptors (Lipinski definition) is 5. The molecule has 4 nitrogen and oxygen atoms in total. The third kappa shape index (κ3) is 3.62. The number of carbonyl (C=O) groups excluding carboxylic acids is 1. The van der Waals surface area contributed by atoms with Gasteiger partial charge in [0.25, 0.3) is 0 Å². The highest BCUT2D eigenvalue weighted by Crippen LogP contribution is 2.27. The second-order valence-corrected chi connectivity index (χ2v) is 7.67. The van der Waals surface area contributed by atoms with E-state index in [4.69, 9.17) is 0 Å². The molecule has 4 rings (SSSR count). The van der Waals surface area contributed by atoms with E-state index in [0.29, 0.717) is 19.0 Å². The van der Waals surface area contributed by atoms with Crippen molar-refractivity contribution in [3.63, 3.8) is 0 Å². The third-order valence-corrected chi connectivity index (χ3v) is 5.77. The molecule has 2 aromatic heterocycles. The average molecular weight is 351 g/mol. The molecule has 1 aliphatic heterocycles. The number of thiazole rings is 1. The van der Waals surface area contributed by atoms with Crippen LogP contribution in [-0.2, 0) is 11.2 Å². The fourth-order valence-electron chi connectivity index (χ4n) is 3.51. The fourth-order valence-corrected chi connectivity index (χ4v) is 4.13. The number of Topliss-reactive ketones (excluding diaryl/α,β-unsaturated/α-hetero) is 1. The molecule has 0 radical (unpaired) electrons. The summed E-state index contributed by atoms with van der Waals surface area (Å²) in [5.74, 6) is 0.249. The molecule has 0 bridgehead atoms. The zero-order valence-electron chi connectivity index (χ0n) is 14.3. The molecular weight excluding hydrogens is 330 g/mol. The summed E-state index contributed by atoms with van der Waals surface area (Å²) in [5.41, 5.74) is 3.85. The van der Waals surface area contributed by atoms with Crippen molar-refractivity contribution < 1.29 is 4.79 Å². The second-order valence-electron chi connectivity index (χ2n) is 6.78. The third-order valence-electron chi connectivity index (χ3n) is 4.94. The number of rotatable bonds is 5. The number of carbonyl (C=O) groups is 1. The van der Waals surface area contributed by atoms with Crippen molar-refractivity contribution in [1.29, 1.82) is 0 Å². The zero-order chi connectivity index (χ0) is 17.2. The summed E-state index contributed by atoms with van der Waals surface area (Å²) in [5, 5.41) is 2.22. The first-order chi connectivity index (χ1) is 12.2. The van der Waals surface area contributed by atoms with Crippen LogP contribution in [0.25, 0.3) is 21.2 Å². The summed E-state index contributed by atoms with van der Waals surface area (Å²) in [4.78, 5) is 24.5. The van der Waals surface area contributed by atoms with Crippen LogP contribution in [0.15, 0.2) is 42.2 Å². The summed E-state index contributed by atoms with van der Waals surface area (Å²) in [6.07, 6.45) is 6.55. The topological polar surface area (TPSA) is 46.1 Å². The first-order valence-corrected chi connectivity index (χ1v) is 9.60. The number of aromatic nitrogens is 2. The van der Waals surface area contributed by atoms with Gasteiger partial charge in [0.1, 0.15) is 0 Å². The normalized spacial score (nSPS) is 18.0. The fraction of sp³-hybridized carbons (Fsp3) is 0.350. The zero-order valence-corrected chi connectivity index (χ0v) is 15.1. The Balaban J connectivity index is 1.52. The average Bonchev–Trinajstić information content (AvgIpc) is 3.27. The Kier molecular flexibility index (Phi) is 4.59. The largest absolute Gasteiger partial charge is 0.298 e. The van der Waals surface area contributed by atoms with Gasteiger partial charge in [0.2, 0.25) is 0 Å². The first-order valence-electron chi connectivity index (χ1n) is 8.72. The molecule has 0 unspecified atom stereocenters. The van der Waals surface area contributed by atoms with Crippen LogP contribution in [0.1, 0.15) is 25.5 Å². The molecule has 1 saturated heterocycles. The lowest BCUT2D eigenvalue weighted by Crippen LogP contribution is -2.33. The Bertz CT molecular complexity index is 891. The Morgan fingerprint density at radius 1 is 1.28 bits per heavy atom. The van der Waals surface area contributed by atoms with Gasteiger partial charge in [-0.25, -0.2) is 0 Å². The molecule has 3 aromatic rings. The van der Waals surface area contributed by atoms with Gasteiger partial charge in [0.15, 0.2) is 5.78 Å². The molecule has 25 heavy (non-hydrogen) atoms. The van der Waals surface area contributed by atoms with E-state index in [-0.39, 0.29) is 5.78 Å². The van der Waals surface area contributed by atoms with E-state index in [1.165, 1.54) is 12.8 Å². The van der Waals surface area contributed by atoms with E-state index < -0.39 is 0 Å². The Hall–Kier alpha value is -2.11. The molecule has 0 spiro atoms. The molecular formula is C20H21N3OS. The molecule has 1 aromatic carbocycles. The molecule has 0 aliphatic carbocycles. The van der Waals surface area contributed by atoms with Crippen LogP contribution in [0.2, 0.25) is 0 Å². The van der Waals surface area contributed by atoms with Crippen molar-refractivity contribution >= 4 is 27.9 Å². The molecule has 1 atom stereocenters. The van der Waals surface area contributed by atoms with Crippen LogP contribution in [-0.4, -0.2) is 39.8 Å². The maximum atomic E-state index is 12.4. The Labute approximate surface area is 151 Å². The van der Waals surface area contributed by atoms with Crippen molar-refractivity contribution in [2.75, 3.05) is 13.1 Å². The van der Waals surface area contributed by atoms with Gasteiger partial charge >= 0.3 is 0 Å². The lowest BCUT2D eigenvalue weighted by molar-refractivity contribution is -0.119. The molecule has 1 aliphatic rings. The summed E-state index contributed by atoms with van der Waals surface area (Å²) < 4.78 is 0. The predicted molar refractivity (Wildman–Crippen MR) is 102 cm³/mol. The van der Waals surface area contributed by atoms with Crippen molar-refractivity contribution in [1.82, 2.24) is 14.9 Å². The monoisotopic (exact) mass is 351 g/mol. The minimum absolute atomic E-state index is 0.249. The number of pyridine rings is 1. The van der Waals surface area contributed by atoms with Crippen LogP contribution >= 0.6 is 11.3 Å². The van der Waals surface area contributed by atoms with Gasteiger partial charge in [-0.05, 0) is 49.4 Å². The van der Waals surface area contributed by atoms with Gasteiger partial charge in [-0.2, -0.15) is 0 Å². The number of likely N-dealkylation sites (tertiary alicyclic amines) is 1. The van der Waals surface area contributed by atoms with Gasteiger partial charge in [0.05, 0.1) is 23.4 Å². The van der Waals surface area contributed by atoms with Gasteiger partial charge in [-0.3, -0.25) is 19.7 Å². The number of hydrogen-bond donors (Lipinski definition) is 0. The van der Waals surface area contributed by atoms with Gasteiger partial charge in [-0.15, -0.1) is 11.3 Å². The Morgan fingerprint density at radius 2 is 2.20 bits per heavy atom. The highest BCUT2D eigenvalue weighted by molar-refractivity contribution is 7.13. The van der Waals surface area contributed by atoms with E-state index in [9.17, 15) is 4.79 Å². The molecule has 5 heteroatoms. The summed E-state index contributed by atoms with van der Waals surface area (Å²) in [6, 6.07) is 8.90. The second kappa shape index (κ2) is 7.02. The summed E-state index contributed by atoms with van der Waals surface area (Å²) in [6.45, 7) is 3.79. The number of fused-ring (bicyclic) bond motifs is 1. The van der Waals surface area contributed by atoms with Crippen LogP contribution < -0.4 is 0 Å². The maximum Gasteiger partial charge on any atom is 0.152 e. The van der Waals surface area contributed by atoms with Crippen LogP contribution in [0.3, 0.4) is 0 Å². The predicted octanol–water partition coefficient (Wildman–Crippen LogP) is 3.95. The van der Waals surface area contributed by atoms with Crippen molar-refractivity contribution in [3.8, 4) is 10.4 Å². The van der Waals surface area contributed by atoms with Crippen molar-refractivity contribution in [2.24, 2.45) is 0 Å². The van der Waals surface area contributed by atoms with Crippen LogP contribution in [0, 0.1) is 0 Å². The number of nitrogens with zero attached hydrogens (tertiary/aromatic N) is 3. The van der Waals surface area contributed by atoms with E-state index in [1.807, 2.05) is 24.0 Å². The highest BCUT2D eigenvalue weighted by Gasteiger charge is 2.22. The number of ketones is 1. The maximum absolute atomic E-state index is 12.4. The van der Waals surface area contributed by atoms with Gasteiger partial charge in [-0.1, -0.05) is 12.1 Å². The smallest absolute Gasteiger partial charge is 0.152 e. The van der Waals surface area contributed by atoms with Crippen molar-refractivity contribution in [2.45, 2.75) is 32.2 Å². The first kappa shape index (κ1) is 16.4. The Morgan fingerprint density at radius 3 is 2.96 bits per heavy atom. The molecule has 1 fully saturated rings. The molecule has 0 N–H and O–H groups in total. The van der Waals surface area contributed by atoms with E-state index >= 15 is 0 Å². The molecule has 128 valence electrons. The van der Waals surface area contributed by atoms with Gasteiger partial charge in [0, 0.05) is 29.5 Å². The quantitative estimate of drug-likeness (QED) is 0.698. The lowest BCUT2D eigenvalue weighted by atomic mass is 10.1. The minimum Gasteiger partial charge on any atom is -0.298 e. The standard InChI is InChI=1S/C20H21N3OS/c1-14-3-2-6-23(14)12-19(24)9-18-8-17-7-15(20-11-21-13-25-20)4-5-16(17)10-22-18/h4-5,7-8,10-11,13-14H,2-3,6,9,12H2,1H3/t14-/m0/s1. The van der Waals surface area contributed by atoms with E-state index in [2.05, 4.69) is 40.0 Å². The SMILES string of the molecule is C[C@H]1CCCN1CC(=O)Cc1cc2cc(-c3cncs3)ccc2cn1. The van der Waals surface area contributed by atoms with Crippen LogP contribution in [0.4, 0.5) is 0 Å². The van der Waals surface area contributed by atoms with E-state index in [0.717, 1.165) is 33.5 Å². The molecule has 0 amide bonds. The van der Waals surface area contributed by atoms with E-state index in [1.54, 1.807) is 11.3 Å². The number of benzene rings is 1. The van der Waals surface area contributed by atoms with Crippen molar-refractivity contribution in [3.05, 3.63) is 47.9 Å². The minimum atomic E-state index is 0.249.